The van der Waals surface area contributed by atoms with Crippen molar-refractivity contribution in [1.82, 2.24) is 0 Å². The van der Waals surface area contributed by atoms with Crippen LogP contribution in [0.25, 0.3) is 0 Å². The van der Waals surface area contributed by atoms with Crippen LogP contribution < -0.4 is 0 Å². The first kappa shape index (κ1) is 22.0. The van der Waals surface area contributed by atoms with E-state index in [9.17, 15) is 22.4 Å². The van der Waals surface area contributed by atoms with Gasteiger partial charge < -0.3 is 9.47 Å². The van der Waals surface area contributed by atoms with E-state index in [1.165, 1.54) is 13.2 Å². The molecule has 9 heteroatoms. The molecule has 0 radical (unpaired) electrons. The van der Waals surface area contributed by atoms with Gasteiger partial charge in [0.1, 0.15) is 11.1 Å². The van der Waals surface area contributed by atoms with Crippen molar-refractivity contribution in [2.45, 2.75) is 26.9 Å². The molecular formula is C18H18Cl2F4O3. The van der Waals surface area contributed by atoms with Gasteiger partial charge in [-0.25, -0.2) is 17.6 Å². The number of esters is 1. The van der Waals surface area contributed by atoms with Gasteiger partial charge in [-0.05, 0) is 17.4 Å². The Labute approximate surface area is 164 Å². The van der Waals surface area contributed by atoms with Gasteiger partial charge in [0.15, 0.2) is 23.3 Å². The molecule has 150 valence electrons. The van der Waals surface area contributed by atoms with Crippen LogP contribution >= 0.6 is 23.2 Å². The minimum atomic E-state index is -1.59. The molecule has 2 rings (SSSR count). The number of hydrogen-bond donors (Lipinski definition) is 0. The van der Waals surface area contributed by atoms with E-state index < -0.39 is 58.3 Å². The highest BCUT2D eigenvalue weighted by atomic mass is 35.5. The first-order chi connectivity index (χ1) is 12.5. The van der Waals surface area contributed by atoms with Crippen molar-refractivity contribution in [3.05, 3.63) is 45.0 Å². The molecule has 0 amide bonds. The second kappa shape index (κ2) is 8.37. The van der Waals surface area contributed by atoms with Gasteiger partial charge in [0, 0.05) is 19.1 Å². The van der Waals surface area contributed by atoms with Crippen LogP contribution in [-0.2, 0) is 27.3 Å². The summed E-state index contributed by atoms with van der Waals surface area (Å²) < 4.78 is 65.9. The largest absolute Gasteiger partial charge is 0.460 e. The van der Waals surface area contributed by atoms with Crippen LogP contribution in [0.4, 0.5) is 17.6 Å². The highest BCUT2D eigenvalue weighted by Gasteiger charge is 2.61. The summed E-state index contributed by atoms with van der Waals surface area (Å²) in [5.74, 6) is -7.96. The predicted octanol–water partition coefficient (Wildman–Crippen LogP) is 5.07. The molecule has 1 aliphatic rings. The minimum absolute atomic E-state index is 0.0174. The number of rotatable bonds is 7. The van der Waals surface area contributed by atoms with E-state index in [-0.39, 0.29) is 23.4 Å². The normalized spacial score (nSPS) is 20.3. The van der Waals surface area contributed by atoms with Crippen LogP contribution in [-0.4, -0.2) is 19.7 Å². The first-order valence-corrected chi connectivity index (χ1v) is 8.81. The Morgan fingerprint density at radius 1 is 1.07 bits per heavy atom. The summed E-state index contributed by atoms with van der Waals surface area (Å²) >= 11 is 11.2. The number of halogens is 6. The van der Waals surface area contributed by atoms with Gasteiger partial charge in [-0.3, -0.25) is 4.79 Å². The zero-order valence-corrected chi connectivity index (χ0v) is 16.4. The number of carbonyl (C=O) groups is 1. The fourth-order valence-electron chi connectivity index (χ4n) is 3.08. The van der Waals surface area contributed by atoms with Gasteiger partial charge >= 0.3 is 5.97 Å². The Balaban J connectivity index is 2.17. The third-order valence-corrected chi connectivity index (χ3v) is 5.08. The molecule has 0 aliphatic heterocycles. The molecule has 1 saturated carbocycles. The third kappa shape index (κ3) is 4.41. The topological polar surface area (TPSA) is 35.5 Å². The molecule has 0 bridgehead atoms. The molecule has 0 heterocycles. The van der Waals surface area contributed by atoms with Crippen molar-refractivity contribution in [2.75, 3.05) is 13.7 Å². The Hall–Kier alpha value is -1.31. The van der Waals surface area contributed by atoms with Gasteiger partial charge in [-0.1, -0.05) is 37.0 Å². The Morgan fingerprint density at radius 2 is 1.59 bits per heavy atom. The molecule has 2 atom stereocenters. The molecule has 1 aromatic rings. The molecule has 0 saturated heterocycles. The van der Waals surface area contributed by atoms with Crippen molar-refractivity contribution < 1.29 is 31.8 Å². The average molecular weight is 429 g/mol. The Morgan fingerprint density at radius 3 is 2.07 bits per heavy atom. The highest BCUT2D eigenvalue weighted by Crippen LogP contribution is 2.60. The number of ether oxygens (including phenoxy) is 2. The summed E-state index contributed by atoms with van der Waals surface area (Å²) in [5, 5.41) is 0. The predicted molar refractivity (Wildman–Crippen MR) is 92.2 cm³/mol. The monoisotopic (exact) mass is 428 g/mol. The van der Waals surface area contributed by atoms with Crippen LogP contribution in [0.2, 0.25) is 0 Å². The second-order valence-corrected chi connectivity index (χ2v) is 7.85. The Bertz CT molecular complexity index is 747. The molecule has 1 fully saturated rings. The number of methoxy groups -OCH3 is 1. The minimum Gasteiger partial charge on any atom is -0.460 e. The smallest absolute Gasteiger partial charge is 0.310 e. The summed E-state index contributed by atoms with van der Waals surface area (Å²) in [7, 11) is 1.29. The molecule has 0 aromatic heterocycles. The molecule has 3 nitrogen and oxygen atoms in total. The number of allylic oxidation sites excluding steroid dienone is 1. The van der Waals surface area contributed by atoms with Gasteiger partial charge in [-0.2, -0.15) is 0 Å². The highest BCUT2D eigenvalue weighted by molar-refractivity contribution is 6.55. The molecule has 0 N–H and O–H groups in total. The van der Waals surface area contributed by atoms with Crippen molar-refractivity contribution in [3.63, 3.8) is 0 Å². The maximum atomic E-state index is 14.1. The van der Waals surface area contributed by atoms with E-state index in [4.69, 9.17) is 27.9 Å². The summed E-state index contributed by atoms with van der Waals surface area (Å²) in [5.41, 5.74) is -2.25. The van der Waals surface area contributed by atoms with Crippen molar-refractivity contribution in [2.24, 2.45) is 17.3 Å². The Kier molecular flexibility index (Phi) is 6.81. The van der Waals surface area contributed by atoms with Crippen molar-refractivity contribution >= 4 is 29.2 Å². The van der Waals surface area contributed by atoms with Crippen LogP contribution in [0.1, 0.15) is 25.0 Å². The number of hydrogen-bond acceptors (Lipinski definition) is 3. The fraction of sp³-hybridized carbons (Fsp3) is 0.500. The van der Waals surface area contributed by atoms with Crippen molar-refractivity contribution in [3.8, 4) is 0 Å². The maximum absolute atomic E-state index is 14.1. The lowest BCUT2D eigenvalue weighted by molar-refractivity contribution is -0.147. The first-order valence-electron chi connectivity index (χ1n) is 8.06. The molecule has 2 unspecified atom stereocenters. The summed E-state index contributed by atoms with van der Waals surface area (Å²) in [6, 6.07) is 0. The number of benzene rings is 1. The van der Waals surface area contributed by atoms with E-state index in [2.05, 4.69) is 4.74 Å². The standard InChI is InChI=1S/C18H18Cl2F4O3/c1-18(2)10(6-11(19)20)12(18)17(25)27-7-9-15(23)13(21)8(4-5-26-3)14(22)16(9)24/h6,10,12H,4-5,7H2,1-3H3. The van der Waals surface area contributed by atoms with Gasteiger partial charge in [0.25, 0.3) is 0 Å². The lowest BCUT2D eigenvalue weighted by Gasteiger charge is -2.12. The van der Waals surface area contributed by atoms with E-state index in [0.717, 1.165) is 0 Å². The molecule has 27 heavy (non-hydrogen) atoms. The van der Waals surface area contributed by atoms with Crippen LogP contribution in [0.5, 0.6) is 0 Å². The zero-order valence-electron chi connectivity index (χ0n) is 14.8. The van der Waals surface area contributed by atoms with Crippen LogP contribution in [0.15, 0.2) is 10.6 Å². The lowest BCUT2D eigenvalue weighted by Crippen LogP contribution is -2.15. The number of carbonyl (C=O) groups excluding carboxylic acids is 1. The van der Waals surface area contributed by atoms with Crippen LogP contribution in [0.3, 0.4) is 0 Å². The third-order valence-electron chi connectivity index (χ3n) is 4.83. The van der Waals surface area contributed by atoms with E-state index in [0.29, 0.717) is 0 Å². The molecule has 0 spiro atoms. The van der Waals surface area contributed by atoms with E-state index in [1.807, 2.05) is 0 Å². The maximum Gasteiger partial charge on any atom is 0.310 e. The van der Waals surface area contributed by atoms with Gasteiger partial charge in [0.2, 0.25) is 0 Å². The molecule has 1 aliphatic carbocycles. The summed E-state index contributed by atoms with van der Waals surface area (Å²) in [4.78, 5) is 12.2. The summed E-state index contributed by atoms with van der Waals surface area (Å²) in [6.07, 6.45) is 1.13. The van der Waals surface area contributed by atoms with E-state index >= 15 is 0 Å². The SMILES string of the molecule is COCCc1c(F)c(F)c(COC(=O)C2C(C=C(Cl)Cl)C2(C)C)c(F)c1F. The second-order valence-electron chi connectivity index (χ2n) is 6.84. The van der Waals surface area contributed by atoms with E-state index in [1.54, 1.807) is 13.8 Å². The fourth-order valence-corrected chi connectivity index (χ4v) is 3.35. The van der Waals surface area contributed by atoms with Gasteiger partial charge in [0.05, 0.1) is 18.1 Å². The van der Waals surface area contributed by atoms with Crippen molar-refractivity contribution in [1.29, 1.82) is 0 Å². The molecule has 1 aromatic carbocycles. The average Bonchev–Trinajstić information content (AvgIpc) is 3.12. The quantitative estimate of drug-likeness (QED) is 0.345. The zero-order chi connectivity index (χ0) is 20.5. The van der Waals surface area contributed by atoms with Crippen LogP contribution in [0, 0.1) is 40.5 Å². The molecular weight excluding hydrogens is 411 g/mol. The summed E-state index contributed by atoms with van der Waals surface area (Å²) in [6.45, 7) is 2.48. The lowest BCUT2D eigenvalue weighted by atomic mass is 10.1. The van der Waals surface area contributed by atoms with Gasteiger partial charge in [-0.15, -0.1) is 0 Å².